The van der Waals surface area contributed by atoms with Gasteiger partial charge in [0.2, 0.25) is 0 Å². The average Bonchev–Trinajstić information content (AvgIpc) is 3.36. The van der Waals surface area contributed by atoms with Crippen molar-refractivity contribution < 1.29 is 28.6 Å². The molecule has 1 heterocycles. The monoisotopic (exact) mass is 543 g/mol. The van der Waals surface area contributed by atoms with Crippen LogP contribution in [0.15, 0.2) is 79.9 Å². The van der Waals surface area contributed by atoms with Crippen molar-refractivity contribution in [3.05, 3.63) is 91.0 Å². The molecular formula is C31H33N3O6. The lowest BCUT2D eigenvalue weighted by Crippen LogP contribution is -2.31. The fraction of sp³-hybridized carbons (Fsp3) is 0.226. The predicted molar refractivity (Wildman–Crippen MR) is 154 cm³/mol. The van der Waals surface area contributed by atoms with Gasteiger partial charge in [-0.15, -0.1) is 6.58 Å². The van der Waals surface area contributed by atoms with Crippen molar-refractivity contribution in [2.45, 2.75) is 6.54 Å². The standard InChI is InChI=1S/C31H33N3O6/c1-7-15-33(20-22-9-11-23(36-3)18-28(22)38-5)31(35)21-10-14-26-27(17-21)34(40-16-8-2)30(32-26)25-13-12-24(37-4)19-29(25)39-6/h7-14,17-19H,1-2,15-16,20H2,3-6H3. The molecule has 0 radical (unpaired) electrons. The summed E-state index contributed by atoms with van der Waals surface area (Å²) < 4.78 is 23.4. The number of methoxy groups -OCH3 is 4. The van der Waals surface area contributed by atoms with Gasteiger partial charge in [0.15, 0.2) is 5.82 Å². The number of ether oxygens (including phenoxy) is 4. The van der Waals surface area contributed by atoms with Crippen molar-refractivity contribution in [3.63, 3.8) is 0 Å². The van der Waals surface area contributed by atoms with Crippen LogP contribution in [-0.2, 0) is 6.54 Å². The summed E-state index contributed by atoms with van der Waals surface area (Å²) in [6, 6.07) is 16.3. The second kappa shape index (κ2) is 12.8. The number of imidazole rings is 1. The van der Waals surface area contributed by atoms with Crippen molar-refractivity contribution in [1.29, 1.82) is 0 Å². The lowest BCUT2D eigenvalue weighted by atomic mass is 10.1. The molecule has 0 bridgehead atoms. The zero-order valence-electron chi connectivity index (χ0n) is 23.2. The topological polar surface area (TPSA) is 84.3 Å². The molecule has 9 nitrogen and oxygen atoms in total. The predicted octanol–water partition coefficient (Wildman–Crippen LogP) is 5.18. The number of fused-ring (bicyclic) bond motifs is 1. The molecule has 208 valence electrons. The number of hydrogen-bond acceptors (Lipinski definition) is 7. The molecule has 0 spiro atoms. The van der Waals surface area contributed by atoms with Gasteiger partial charge >= 0.3 is 0 Å². The van der Waals surface area contributed by atoms with Crippen LogP contribution >= 0.6 is 0 Å². The smallest absolute Gasteiger partial charge is 0.254 e. The van der Waals surface area contributed by atoms with E-state index in [1.54, 1.807) is 80.6 Å². The Labute approximate surface area is 233 Å². The molecule has 0 atom stereocenters. The minimum Gasteiger partial charge on any atom is -0.497 e. The van der Waals surface area contributed by atoms with Crippen molar-refractivity contribution in [1.82, 2.24) is 14.6 Å². The Balaban J connectivity index is 1.76. The quantitative estimate of drug-likeness (QED) is 0.215. The number of carbonyl (C=O) groups is 1. The Morgan fingerprint density at radius 1 is 0.875 bits per heavy atom. The molecule has 0 unspecified atom stereocenters. The SMILES string of the molecule is C=CCOn1c(-c2ccc(OC)cc2OC)nc2ccc(C(=O)N(CC=C)Cc3ccc(OC)cc3OC)cc21. The minimum atomic E-state index is -0.181. The summed E-state index contributed by atoms with van der Waals surface area (Å²) in [7, 11) is 6.36. The maximum Gasteiger partial charge on any atom is 0.254 e. The van der Waals surface area contributed by atoms with Crippen molar-refractivity contribution in [2.75, 3.05) is 41.6 Å². The van der Waals surface area contributed by atoms with E-state index >= 15 is 0 Å². The lowest BCUT2D eigenvalue weighted by Gasteiger charge is -2.23. The normalized spacial score (nSPS) is 10.6. The molecule has 0 aliphatic rings. The molecule has 1 amide bonds. The van der Waals surface area contributed by atoms with Gasteiger partial charge in [-0.1, -0.05) is 18.7 Å². The molecule has 0 aliphatic carbocycles. The van der Waals surface area contributed by atoms with E-state index in [1.165, 1.54) is 0 Å². The van der Waals surface area contributed by atoms with E-state index in [-0.39, 0.29) is 12.5 Å². The van der Waals surface area contributed by atoms with Gasteiger partial charge in [-0.05, 0) is 42.5 Å². The number of aromatic nitrogens is 2. The molecule has 0 saturated heterocycles. The Bertz CT molecular complexity index is 1530. The van der Waals surface area contributed by atoms with Gasteiger partial charge in [-0.25, -0.2) is 4.98 Å². The van der Waals surface area contributed by atoms with Crippen LogP contribution in [0.1, 0.15) is 15.9 Å². The van der Waals surface area contributed by atoms with Crippen molar-refractivity contribution in [3.8, 4) is 34.4 Å². The highest BCUT2D eigenvalue weighted by Crippen LogP contribution is 2.35. The van der Waals surface area contributed by atoms with Crippen LogP contribution in [0.3, 0.4) is 0 Å². The summed E-state index contributed by atoms with van der Waals surface area (Å²) in [5.41, 5.74) is 3.30. The highest BCUT2D eigenvalue weighted by Gasteiger charge is 2.22. The number of carbonyl (C=O) groups excluding carboxylic acids is 1. The van der Waals surface area contributed by atoms with E-state index in [0.717, 1.165) is 5.56 Å². The highest BCUT2D eigenvalue weighted by molar-refractivity contribution is 5.98. The first-order chi connectivity index (χ1) is 19.5. The second-order valence-corrected chi connectivity index (χ2v) is 8.74. The van der Waals surface area contributed by atoms with Crippen molar-refractivity contribution in [2.24, 2.45) is 0 Å². The Morgan fingerprint density at radius 3 is 2.23 bits per heavy atom. The minimum absolute atomic E-state index is 0.181. The summed E-state index contributed by atoms with van der Waals surface area (Å²) in [5.74, 6) is 2.86. The van der Waals surface area contributed by atoms with Gasteiger partial charge < -0.3 is 28.7 Å². The zero-order valence-corrected chi connectivity index (χ0v) is 23.2. The number of nitrogens with zero attached hydrogens (tertiary/aromatic N) is 3. The molecule has 0 saturated carbocycles. The average molecular weight is 544 g/mol. The second-order valence-electron chi connectivity index (χ2n) is 8.74. The van der Waals surface area contributed by atoms with Crippen LogP contribution in [0.4, 0.5) is 0 Å². The Hall–Kier alpha value is -4.92. The fourth-order valence-corrected chi connectivity index (χ4v) is 4.34. The highest BCUT2D eigenvalue weighted by atomic mass is 16.7. The summed E-state index contributed by atoms with van der Waals surface area (Å²) in [6.07, 6.45) is 3.34. The van der Waals surface area contributed by atoms with E-state index < -0.39 is 0 Å². The third-order valence-corrected chi connectivity index (χ3v) is 6.32. The molecule has 0 N–H and O–H groups in total. The maximum atomic E-state index is 13.8. The van der Waals surface area contributed by atoms with E-state index in [2.05, 4.69) is 13.2 Å². The van der Waals surface area contributed by atoms with Crippen LogP contribution in [0.2, 0.25) is 0 Å². The van der Waals surface area contributed by atoms with Gasteiger partial charge in [0.1, 0.15) is 35.1 Å². The first-order valence-electron chi connectivity index (χ1n) is 12.6. The molecule has 0 aliphatic heterocycles. The molecule has 3 aromatic carbocycles. The van der Waals surface area contributed by atoms with E-state index in [1.807, 2.05) is 24.3 Å². The number of amides is 1. The molecule has 4 aromatic rings. The van der Waals surface area contributed by atoms with Crippen LogP contribution in [0.5, 0.6) is 23.0 Å². The largest absolute Gasteiger partial charge is 0.497 e. The molecule has 40 heavy (non-hydrogen) atoms. The molecule has 1 aromatic heterocycles. The number of hydrogen-bond donors (Lipinski definition) is 0. The van der Waals surface area contributed by atoms with E-state index in [9.17, 15) is 4.79 Å². The van der Waals surface area contributed by atoms with Gasteiger partial charge in [-0.3, -0.25) is 4.79 Å². The molecule has 9 heteroatoms. The lowest BCUT2D eigenvalue weighted by molar-refractivity contribution is 0.0761. The summed E-state index contributed by atoms with van der Waals surface area (Å²) in [4.78, 5) is 26.3. The zero-order chi connectivity index (χ0) is 28.6. The van der Waals surface area contributed by atoms with Crippen LogP contribution in [0.25, 0.3) is 22.4 Å². The summed E-state index contributed by atoms with van der Waals surface area (Å²) in [5, 5.41) is 0. The van der Waals surface area contributed by atoms with Gasteiger partial charge in [0.25, 0.3) is 5.91 Å². The molecular weight excluding hydrogens is 510 g/mol. The van der Waals surface area contributed by atoms with Crippen LogP contribution in [0, 0.1) is 0 Å². The first kappa shape index (κ1) is 28.1. The molecule has 0 fully saturated rings. The van der Waals surface area contributed by atoms with E-state index in [4.69, 9.17) is 28.8 Å². The third-order valence-electron chi connectivity index (χ3n) is 6.32. The number of rotatable bonds is 13. The third kappa shape index (κ3) is 5.73. The van der Waals surface area contributed by atoms with Gasteiger partial charge in [0, 0.05) is 36.3 Å². The Morgan fingerprint density at radius 2 is 1.57 bits per heavy atom. The number of benzene rings is 3. The van der Waals surface area contributed by atoms with Gasteiger partial charge in [0.05, 0.1) is 39.5 Å². The first-order valence-corrected chi connectivity index (χ1v) is 12.6. The Kier molecular flexibility index (Phi) is 8.96. The van der Waals surface area contributed by atoms with Gasteiger partial charge in [-0.2, -0.15) is 4.73 Å². The van der Waals surface area contributed by atoms with Crippen LogP contribution in [-0.4, -0.2) is 62.1 Å². The van der Waals surface area contributed by atoms with E-state index in [0.29, 0.717) is 64.1 Å². The summed E-state index contributed by atoms with van der Waals surface area (Å²) >= 11 is 0. The van der Waals surface area contributed by atoms with Crippen LogP contribution < -0.4 is 23.8 Å². The molecule has 4 rings (SSSR count). The maximum absolute atomic E-state index is 13.8. The van der Waals surface area contributed by atoms with Crippen molar-refractivity contribution >= 4 is 16.9 Å². The fourth-order valence-electron chi connectivity index (χ4n) is 4.34. The summed E-state index contributed by atoms with van der Waals surface area (Å²) in [6.45, 7) is 8.49.